The third kappa shape index (κ3) is 4.11. The lowest BCUT2D eigenvalue weighted by molar-refractivity contribution is -0.142. The van der Waals surface area contributed by atoms with Gasteiger partial charge in [-0.25, -0.2) is 4.98 Å². The van der Waals surface area contributed by atoms with Crippen molar-refractivity contribution >= 4 is 23.2 Å². The zero-order valence-corrected chi connectivity index (χ0v) is 13.2. The van der Waals surface area contributed by atoms with Crippen molar-refractivity contribution in [2.75, 3.05) is 13.6 Å². The Kier molecular flexibility index (Phi) is 5.21. The number of likely N-dealkylation sites (N-methyl/N-ethyl adjacent to an activating group) is 1. The van der Waals surface area contributed by atoms with E-state index in [0.717, 1.165) is 10.6 Å². The number of carboxylic acids is 1. The molecule has 0 bridgehead atoms. The third-order valence-corrected chi connectivity index (χ3v) is 4.13. The van der Waals surface area contributed by atoms with Crippen LogP contribution in [0.25, 0.3) is 10.6 Å². The van der Waals surface area contributed by atoms with Gasteiger partial charge in [0.2, 0.25) is 5.91 Å². The molecule has 0 saturated heterocycles. The first-order valence-electron chi connectivity index (χ1n) is 6.79. The fourth-order valence-electron chi connectivity index (χ4n) is 1.89. The van der Waals surface area contributed by atoms with Crippen LogP contribution in [0.3, 0.4) is 0 Å². The molecule has 0 aliphatic heterocycles. The van der Waals surface area contributed by atoms with Crippen molar-refractivity contribution in [1.29, 1.82) is 0 Å². The minimum Gasteiger partial charge on any atom is -0.481 e. The second kappa shape index (κ2) is 7.13. The number of rotatable bonds is 6. The van der Waals surface area contributed by atoms with Gasteiger partial charge in [-0.15, -0.1) is 11.3 Å². The summed E-state index contributed by atoms with van der Waals surface area (Å²) in [6.45, 7) is 1.77. The van der Waals surface area contributed by atoms with Crippen LogP contribution in [0.5, 0.6) is 0 Å². The van der Waals surface area contributed by atoms with E-state index in [0.29, 0.717) is 5.69 Å². The van der Waals surface area contributed by atoms with Gasteiger partial charge >= 0.3 is 5.97 Å². The molecule has 6 nitrogen and oxygen atoms in total. The van der Waals surface area contributed by atoms with Crippen LogP contribution >= 0.6 is 11.3 Å². The van der Waals surface area contributed by atoms with E-state index < -0.39 is 11.9 Å². The number of aromatic nitrogens is 2. The molecular formula is C15H17N3O3S. The van der Waals surface area contributed by atoms with Crippen molar-refractivity contribution in [2.45, 2.75) is 13.3 Å². The van der Waals surface area contributed by atoms with Crippen LogP contribution in [0.2, 0.25) is 0 Å². The number of nitrogens with zero attached hydrogens (tertiary/aromatic N) is 3. The maximum Gasteiger partial charge on any atom is 0.308 e. The summed E-state index contributed by atoms with van der Waals surface area (Å²) in [7, 11) is 1.61. The van der Waals surface area contributed by atoms with Gasteiger partial charge < -0.3 is 10.0 Å². The summed E-state index contributed by atoms with van der Waals surface area (Å²) in [6, 6.07) is 3.75. The second-order valence-corrected chi connectivity index (χ2v) is 5.93. The van der Waals surface area contributed by atoms with Gasteiger partial charge in [-0.3, -0.25) is 14.6 Å². The Bertz CT molecular complexity index is 657. The predicted molar refractivity (Wildman–Crippen MR) is 83.5 cm³/mol. The molecule has 2 aromatic rings. The number of hydrogen-bond acceptors (Lipinski definition) is 5. The highest BCUT2D eigenvalue weighted by molar-refractivity contribution is 7.13. The first-order chi connectivity index (χ1) is 10.5. The lowest BCUT2D eigenvalue weighted by Crippen LogP contribution is -2.34. The summed E-state index contributed by atoms with van der Waals surface area (Å²) in [6.07, 6.45) is 3.59. The van der Waals surface area contributed by atoms with Gasteiger partial charge in [-0.05, 0) is 12.1 Å². The maximum absolute atomic E-state index is 12.1. The van der Waals surface area contributed by atoms with E-state index >= 15 is 0 Å². The zero-order chi connectivity index (χ0) is 16.1. The number of pyridine rings is 1. The minimum atomic E-state index is -0.910. The van der Waals surface area contributed by atoms with Crippen LogP contribution in [-0.2, 0) is 16.0 Å². The average Bonchev–Trinajstić information content (AvgIpc) is 2.96. The molecule has 1 N–H and O–H groups in total. The van der Waals surface area contributed by atoms with E-state index in [9.17, 15) is 9.59 Å². The number of aliphatic carboxylic acids is 1. The summed E-state index contributed by atoms with van der Waals surface area (Å²) >= 11 is 1.46. The molecule has 0 fully saturated rings. The van der Waals surface area contributed by atoms with E-state index in [-0.39, 0.29) is 18.9 Å². The van der Waals surface area contributed by atoms with Crippen molar-refractivity contribution in [2.24, 2.45) is 5.92 Å². The monoisotopic (exact) mass is 319 g/mol. The Balaban J connectivity index is 1.98. The molecule has 2 rings (SSSR count). The van der Waals surface area contributed by atoms with Crippen LogP contribution in [0.1, 0.15) is 12.6 Å². The summed E-state index contributed by atoms with van der Waals surface area (Å²) < 4.78 is 0. The molecule has 0 aliphatic rings. The molecule has 2 aromatic heterocycles. The molecule has 22 heavy (non-hydrogen) atoms. The fraction of sp³-hybridized carbons (Fsp3) is 0.333. The smallest absolute Gasteiger partial charge is 0.308 e. The highest BCUT2D eigenvalue weighted by atomic mass is 32.1. The van der Waals surface area contributed by atoms with E-state index in [2.05, 4.69) is 9.97 Å². The standard InChI is InChI=1S/C15H17N3O3S/c1-10(15(20)21)8-18(2)13(19)6-12-9-22-14(17-12)11-4-3-5-16-7-11/h3-5,7,9-10H,6,8H2,1-2H3,(H,20,21). The van der Waals surface area contributed by atoms with Crippen molar-refractivity contribution in [3.63, 3.8) is 0 Å². The fourth-order valence-corrected chi connectivity index (χ4v) is 2.70. The van der Waals surface area contributed by atoms with Crippen LogP contribution in [0.15, 0.2) is 29.9 Å². The molecule has 116 valence electrons. The molecule has 1 amide bonds. The third-order valence-electron chi connectivity index (χ3n) is 3.19. The normalized spacial score (nSPS) is 11.9. The molecule has 0 aromatic carbocycles. The lowest BCUT2D eigenvalue weighted by Gasteiger charge is -2.18. The topological polar surface area (TPSA) is 83.4 Å². The van der Waals surface area contributed by atoms with Gasteiger partial charge in [0, 0.05) is 36.9 Å². The molecule has 0 spiro atoms. The van der Waals surface area contributed by atoms with E-state index in [1.54, 1.807) is 26.4 Å². The van der Waals surface area contributed by atoms with Crippen molar-refractivity contribution < 1.29 is 14.7 Å². The Labute approximate surface area is 132 Å². The van der Waals surface area contributed by atoms with Gasteiger partial charge in [0.15, 0.2) is 0 Å². The van der Waals surface area contributed by atoms with Gasteiger partial charge in [0.1, 0.15) is 5.01 Å². The average molecular weight is 319 g/mol. The Morgan fingerprint density at radius 2 is 2.23 bits per heavy atom. The Hall–Kier alpha value is -2.28. The summed E-state index contributed by atoms with van der Waals surface area (Å²) in [4.78, 5) is 32.8. The number of amides is 1. The summed E-state index contributed by atoms with van der Waals surface area (Å²) in [5.41, 5.74) is 1.60. The first kappa shape index (κ1) is 16.1. The number of thiazole rings is 1. The molecule has 7 heteroatoms. The summed E-state index contributed by atoms with van der Waals surface area (Å²) in [5.74, 6) is -1.64. The van der Waals surface area contributed by atoms with Gasteiger partial charge in [-0.1, -0.05) is 6.92 Å². The van der Waals surface area contributed by atoms with Crippen LogP contribution < -0.4 is 0 Å². The quantitative estimate of drug-likeness (QED) is 0.879. The SMILES string of the molecule is CC(CN(C)C(=O)Cc1csc(-c2cccnc2)n1)C(=O)O. The molecular weight excluding hydrogens is 302 g/mol. The molecule has 0 saturated carbocycles. The second-order valence-electron chi connectivity index (χ2n) is 5.08. The van der Waals surface area contributed by atoms with Gasteiger partial charge in [-0.2, -0.15) is 0 Å². The van der Waals surface area contributed by atoms with Crippen molar-refractivity contribution in [3.8, 4) is 10.6 Å². The van der Waals surface area contributed by atoms with Crippen LogP contribution in [0.4, 0.5) is 0 Å². The highest BCUT2D eigenvalue weighted by Gasteiger charge is 2.18. The number of hydrogen-bond donors (Lipinski definition) is 1. The first-order valence-corrected chi connectivity index (χ1v) is 7.67. The van der Waals surface area contributed by atoms with Crippen LogP contribution in [0, 0.1) is 5.92 Å². The van der Waals surface area contributed by atoms with Gasteiger partial charge in [0.05, 0.1) is 18.0 Å². The van der Waals surface area contributed by atoms with Crippen LogP contribution in [-0.4, -0.2) is 45.4 Å². The number of carbonyl (C=O) groups is 2. The summed E-state index contributed by atoms with van der Waals surface area (Å²) in [5, 5.41) is 11.5. The highest BCUT2D eigenvalue weighted by Crippen LogP contribution is 2.23. The van der Waals surface area contributed by atoms with Gasteiger partial charge in [0.25, 0.3) is 0 Å². The predicted octanol–water partition coefficient (Wildman–Crippen LogP) is 1.93. The molecule has 1 atom stereocenters. The Morgan fingerprint density at radius 1 is 1.45 bits per heavy atom. The number of carbonyl (C=O) groups excluding carboxylic acids is 1. The maximum atomic E-state index is 12.1. The number of carboxylic acid groups (broad SMARTS) is 1. The van der Waals surface area contributed by atoms with E-state index in [1.165, 1.54) is 16.2 Å². The lowest BCUT2D eigenvalue weighted by atomic mass is 10.1. The van der Waals surface area contributed by atoms with Crippen molar-refractivity contribution in [3.05, 3.63) is 35.6 Å². The Morgan fingerprint density at radius 3 is 2.86 bits per heavy atom. The zero-order valence-electron chi connectivity index (χ0n) is 12.4. The molecule has 0 aliphatic carbocycles. The largest absolute Gasteiger partial charge is 0.481 e. The van der Waals surface area contributed by atoms with Crippen molar-refractivity contribution in [1.82, 2.24) is 14.9 Å². The van der Waals surface area contributed by atoms with E-state index in [1.807, 2.05) is 17.5 Å². The minimum absolute atomic E-state index is 0.142. The molecule has 1 unspecified atom stereocenters. The molecule has 0 radical (unpaired) electrons. The van der Waals surface area contributed by atoms with E-state index in [4.69, 9.17) is 5.11 Å². The molecule has 2 heterocycles.